The summed E-state index contributed by atoms with van der Waals surface area (Å²) in [4.78, 5) is 2.25. The minimum atomic E-state index is 0.623. The number of rotatable bonds is 5. The molecule has 0 aromatic heterocycles. The van der Waals surface area contributed by atoms with E-state index in [1.165, 1.54) is 5.56 Å². The molecule has 0 saturated heterocycles. The lowest BCUT2D eigenvalue weighted by molar-refractivity contribution is 0.790. The average Bonchev–Trinajstić information content (AvgIpc) is 2.43. The predicted molar refractivity (Wildman–Crippen MR) is 82.7 cm³/mol. The van der Waals surface area contributed by atoms with Gasteiger partial charge in [0.05, 0.1) is 0 Å². The number of aryl methyl sites for hydroxylation is 1. The van der Waals surface area contributed by atoms with E-state index in [4.69, 9.17) is 17.3 Å². The molecule has 0 unspecified atom stereocenters. The summed E-state index contributed by atoms with van der Waals surface area (Å²) in [5, 5.41) is 0.799. The van der Waals surface area contributed by atoms with E-state index in [-0.39, 0.29) is 0 Å². The molecule has 0 fully saturated rings. The largest absolute Gasteiger partial charge is 0.366 e. The monoisotopic (exact) mass is 274 g/mol. The Kier molecular flexibility index (Phi) is 4.83. The van der Waals surface area contributed by atoms with Gasteiger partial charge in [-0.15, -0.1) is 0 Å². The van der Waals surface area contributed by atoms with Crippen LogP contribution in [-0.2, 0) is 6.54 Å². The molecule has 2 aromatic carbocycles. The zero-order chi connectivity index (χ0) is 13.7. The maximum absolute atomic E-state index is 6.20. The second-order valence-electron chi connectivity index (χ2n) is 4.63. The van der Waals surface area contributed by atoms with Gasteiger partial charge in [-0.3, -0.25) is 0 Å². The van der Waals surface area contributed by atoms with Crippen LogP contribution in [0, 0.1) is 6.92 Å². The second-order valence-corrected chi connectivity index (χ2v) is 5.04. The summed E-state index contributed by atoms with van der Waals surface area (Å²) in [6, 6.07) is 16.5. The molecule has 0 atom stereocenters. The molecule has 2 rings (SSSR count). The van der Waals surface area contributed by atoms with Crippen molar-refractivity contribution < 1.29 is 0 Å². The molecule has 0 aliphatic heterocycles. The van der Waals surface area contributed by atoms with Gasteiger partial charge in [0.1, 0.15) is 0 Å². The lowest BCUT2D eigenvalue weighted by Gasteiger charge is -2.25. The van der Waals surface area contributed by atoms with Gasteiger partial charge in [-0.1, -0.05) is 48.0 Å². The van der Waals surface area contributed by atoms with Gasteiger partial charge in [-0.25, -0.2) is 0 Å². The van der Waals surface area contributed by atoms with Crippen LogP contribution in [0.3, 0.4) is 0 Å². The van der Waals surface area contributed by atoms with Crippen LogP contribution >= 0.6 is 11.6 Å². The molecule has 19 heavy (non-hydrogen) atoms. The van der Waals surface area contributed by atoms with Crippen molar-refractivity contribution in [1.82, 2.24) is 0 Å². The highest BCUT2D eigenvalue weighted by Gasteiger charge is 2.08. The van der Waals surface area contributed by atoms with Gasteiger partial charge in [0.15, 0.2) is 0 Å². The summed E-state index contributed by atoms with van der Waals surface area (Å²) < 4.78 is 0. The fourth-order valence-corrected chi connectivity index (χ4v) is 2.21. The first-order valence-corrected chi connectivity index (χ1v) is 6.83. The van der Waals surface area contributed by atoms with E-state index in [2.05, 4.69) is 35.2 Å². The van der Waals surface area contributed by atoms with E-state index in [1.54, 1.807) is 0 Å². The van der Waals surface area contributed by atoms with Crippen LogP contribution in [0.15, 0.2) is 48.5 Å². The van der Waals surface area contributed by atoms with Crippen molar-refractivity contribution in [3.63, 3.8) is 0 Å². The van der Waals surface area contributed by atoms with Gasteiger partial charge in [-0.05, 0) is 30.2 Å². The molecular formula is C16H19ClN2. The lowest BCUT2D eigenvalue weighted by Crippen LogP contribution is -2.28. The summed E-state index contributed by atoms with van der Waals surface area (Å²) in [7, 11) is 0. The highest BCUT2D eigenvalue weighted by molar-refractivity contribution is 6.31. The third-order valence-corrected chi connectivity index (χ3v) is 3.54. The Hall–Kier alpha value is -1.51. The van der Waals surface area contributed by atoms with Crippen LogP contribution in [0.1, 0.15) is 11.1 Å². The predicted octanol–water partition coefficient (Wildman–Crippen LogP) is 3.61. The molecule has 0 aliphatic carbocycles. The molecule has 0 bridgehead atoms. The normalized spacial score (nSPS) is 10.5. The van der Waals surface area contributed by atoms with Crippen LogP contribution in [0.2, 0.25) is 5.02 Å². The number of benzene rings is 2. The zero-order valence-electron chi connectivity index (χ0n) is 11.1. The van der Waals surface area contributed by atoms with Crippen molar-refractivity contribution in [2.45, 2.75) is 13.5 Å². The smallest absolute Gasteiger partial charge is 0.0455 e. The van der Waals surface area contributed by atoms with E-state index in [1.807, 2.05) is 25.1 Å². The Morgan fingerprint density at radius 3 is 2.47 bits per heavy atom. The lowest BCUT2D eigenvalue weighted by atomic mass is 10.1. The van der Waals surface area contributed by atoms with Crippen molar-refractivity contribution in [1.29, 1.82) is 0 Å². The maximum Gasteiger partial charge on any atom is 0.0455 e. The molecule has 2 nitrogen and oxygen atoms in total. The van der Waals surface area contributed by atoms with E-state index in [0.29, 0.717) is 6.54 Å². The highest BCUT2D eigenvalue weighted by Crippen LogP contribution is 2.24. The molecular weight excluding hydrogens is 256 g/mol. The topological polar surface area (TPSA) is 29.3 Å². The minimum absolute atomic E-state index is 0.623. The number of nitrogens with two attached hydrogens (primary N) is 1. The van der Waals surface area contributed by atoms with Crippen LogP contribution < -0.4 is 10.6 Å². The third-order valence-electron chi connectivity index (χ3n) is 3.14. The van der Waals surface area contributed by atoms with Crippen molar-refractivity contribution >= 4 is 17.3 Å². The number of halogens is 1. The summed E-state index contributed by atoms with van der Waals surface area (Å²) in [6.45, 7) is 4.29. The molecule has 100 valence electrons. The summed E-state index contributed by atoms with van der Waals surface area (Å²) in [5.74, 6) is 0. The first kappa shape index (κ1) is 13.9. The molecule has 2 N–H and O–H groups in total. The van der Waals surface area contributed by atoms with Crippen molar-refractivity contribution in [2.24, 2.45) is 5.73 Å². The maximum atomic E-state index is 6.20. The van der Waals surface area contributed by atoms with Crippen molar-refractivity contribution in [2.75, 3.05) is 18.0 Å². The molecule has 0 spiro atoms. The number of anilines is 1. The van der Waals surface area contributed by atoms with E-state index in [0.717, 1.165) is 29.4 Å². The molecule has 0 aliphatic rings. The van der Waals surface area contributed by atoms with Gasteiger partial charge >= 0.3 is 0 Å². The number of hydrogen-bond donors (Lipinski definition) is 1. The van der Waals surface area contributed by atoms with Gasteiger partial charge in [-0.2, -0.15) is 0 Å². The average molecular weight is 275 g/mol. The summed E-state index contributed by atoms with van der Waals surface area (Å²) >= 11 is 6.20. The standard InChI is InChI=1S/C16H19ClN2/c1-13-7-8-15(11-16(13)17)19(10-9-18)12-14-5-3-2-4-6-14/h2-8,11H,9-10,12,18H2,1H3. The molecule has 0 saturated carbocycles. The van der Waals surface area contributed by atoms with E-state index >= 15 is 0 Å². The highest BCUT2D eigenvalue weighted by atomic mass is 35.5. The second kappa shape index (κ2) is 6.60. The molecule has 0 heterocycles. The van der Waals surface area contributed by atoms with Gasteiger partial charge in [0.2, 0.25) is 0 Å². The number of hydrogen-bond acceptors (Lipinski definition) is 2. The van der Waals surface area contributed by atoms with Crippen molar-refractivity contribution in [3.8, 4) is 0 Å². The van der Waals surface area contributed by atoms with Crippen LogP contribution in [-0.4, -0.2) is 13.1 Å². The van der Waals surface area contributed by atoms with Crippen molar-refractivity contribution in [3.05, 3.63) is 64.7 Å². The fourth-order valence-electron chi connectivity index (χ4n) is 2.04. The van der Waals surface area contributed by atoms with Gasteiger partial charge < -0.3 is 10.6 Å². The third kappa shape index (κ3) is 3.72. The fraction of sp³-hybridized carbons (Fsp3) is 0.250. The van der Waals surface area contributed by atoms with E-state index < -0.39 is 0 Å². The Labute approximate surface area is 119 Å². The molecule has 0 radical (unpaired) electrons. The Balaban J connectivity index is 2.21. The van der Waals surface area contributed by atoms with Crippen LogP contribution in [0.5, 0.6) is 0 Å². The van der Waals surface area contributed by atoms with Gasteiger partial charge in [0.25, 0.3) is 0 Å². The first-order chi connectivity index (χ1) is 9.20. The van der Waals surface area contributed by atoms with Crippen LogP contribution in [0.4, 0.5) is 5.69 Å². The Morgan fingerprint density at radius 2 is 1.84 bits per heavy atom. The zero-order valence-corrected chi connectivity index (χ0v) is 11.9. The van der Waals surface area contributed by atoms with Crippen LogP contribution in [0.25, 0.3) is 0 Å². The molecule has 2 aromatic rings. The molecule has 0 amide bonds. The Morgan fingerprint density at radius 1 is 1.11 bits per heavy atom. The Bertz CT molecular complexity index is 526. The first-order valence-electron chi connectivity index (χ1n) is 6.46. The molecule has 3 heteroatoms. The quantitative estimate of drug-likeness (QED) is 0.902. The van der Waals surface area contributed by atoms with Gasteiger partial charge in [0, 0.05) is 30.3 Å². The van der Waals surface area contributed by atoms with E-state index in [9.17, 15) is 0 Å². The minimum Gasteiger partial charge on any atom is -0.366 e. The summed E-state index contributed by atoms with van der Waals surface area (Å²) in [5.41, 5.74) is 9.20. The number of nitrogens with zero attached hydrogens (tertiary/aromatic N) is 1. The SMILES string of the molecule is Cc1ccc(N(CCN)Cc2ccccc2)cc1Cl. The summed E-state index contributed by atoms with van der Waals surface area (Å²) in [6.07, 6.45) is 0.